The summed E-state index contributed by atoms with van der Waals surface area (Å²) in [5.41, 5.74) is 2.28. The molecule has 0 radical (unpaired) electrons. The molecule has 1 atom stereocenters. The normalized spacial score (nSPS) is 15.2. The number of furan rings is 1. The molecule has 3 aromatic heterocycles. The number of nitrogens with one attached hydrogen (secondary N) is 1. The summed E-state index contributed by atoms with van der Waals surface area (Å²) in [5, 5.41) is 1.62. The second-order valence-corrected chi connectivity index (χ2v) is 11.1. The van der Waals surface area contributed by atoms with Crippen LogP contribution >= 0.6 is 11.8 Å². The molecule has 216 valence electrons. The van der Waals surface area contributed by atoms with Crippen molar-refractivity contribution in [3.05, 3.63) is 101 Å². The SMILES string of the molecule is CCCSc1ncccc1C(=O)N1CCc2c([nH]c3ccc(OC)cc23)C1c1ccc(-c2ccccc2C(F)(F)F)o1. The summed E-state index contributed by atoms with van der Waals surface area (Å²) in [6.07, 6.45) is -1.38. The van der Waals surface area contributed by atoms with Crippen LogP contribution in [-0.4, -0.2) is 40.2 Å². The lowest BCUT2D eigenvalue weighted by atomic mass is 9.95. The van der Waals surface area contributed by atoms with Gasteiger partial charge in [-0.05, 0) is 72.7 Å². The Labute approximate surface area is 244 Å². The fraction of sp³-hybridized carbons (Fsp3) is 0.250. The molecule has 4 heterocycles. The van der Waals surface area contributed by atoms with Crippen LogP contribution in [0.3, 0.4) is 0 Å². The van der Waals surface area contributed by atoms with Gasteiger partial charge >= 0.3 is 6.18 Å². The standard InChI is InChI=1S/C32H28F3N3O3S/c1-3-17-42-30-22(8-6-15-36-30)31(39)38-16-14-20-23-18-19(40-2)10-11-25(23)37-28(20)29(38)27-13-12-26(41-27)21-7-4-5-9-24(21)32(33,34)35/h4-13,15,18,29,37H,3,14,16-17H2,1-2H3. The molecule has 6 rings (SSSR count). The predicted molar refractivity (Wildman–Crippen MR) is 156 cm³/mol. The van der Waals surface area contributed by atoms with Crippen LogP contribution in [0, 0.1) is 0 Å². The van der Waals surface area contributed by atoms with Crippen molar-refractivity contribution in [3.8, 4) is 17.1 Å². The molecule has 0 fully saturated rings. The van der Waals surface area contributed by atoms with Crippen molar-refractivity contribution >= 4 is 28.6 Å². The van der Waals surface area contributed by atoms with Gasteiger partial charge in [-0.2, -0.15) is 13.2 Å². The topological polar surface area (TPSA) is 71.4 Å². The molecule has 6 nitrogen and oxygen atoms in total. The van der Waals surface area contributed by atoms with E-state index in [9.17, 15) is 18.0 Å². The van der Waals surface area contributed by atoms with Gasteiger partial charge in [0.2, 0.25) is 0 Å². The van der Waals surface area contributed by atoms with Gasteiger partial charge in [0.25, 0.3) is 5.91 Å². The van der Waals surface area contributed by atoms with Gasteiger partial charge in [0, 0.05) is 29.2 Å². The summed E-state index contributed by atoms with van der Waals surface area (Å²) < 4.78 is 53.2. The lowest BCUT2D eigenvalue weighted by Crippen LogP contribution is -2.40. The highest BCUT2D eigenvalue weighted by molar-refractivity contribution is 7.99. The van der Waals surface area contributed by atoms with E-state index in [0.29, 0.717) is 35.1 Å². The summed E-state index contributed by atoms with van der Waals surface area (Å²) in [6.45, 7) is 2.44. The third-order valence-electron chi connectivity index (χ3n) is 7.43. The Morgan fingerprint density at radius 1 is 1.14 bits per heavy atom. The number of thioether (sulfide) groups is 1. The lowest BCUT2D eigenvalue weighted by molar-refractivity contribution is -0.137. The maximum Gasteiger partial charge on any atom is 0.417 e. The summed E-state index contributed by atoms with van der Waals surface area (Å²) in [7, 11) is 1.61. The van der Waals surface area contributed by atoms with Crippen molar-refractivity contribution in [2.24, 2.45) is 0 Å². The van der Waals surface area contributed by atoms with Crippen molar-refractivity contribution in [2.45, 2.75) is 37.0 Å². The molecule has 0 saturated heterocycles. The van der Waals surface area contributed by atoms with Crippen LogP contribution in [0.25, 0.3) is 22.2 Å². The Morgan fingerprint density at radius 2 is 1.98 bits per heavy atom. The molecule has 42 heavy (non-hydrogen) atoms. The van der Waals surface area contributed by atoms with Crippen LogP contribution in [0.1, 0.15) is 52.3 Å². The van der Waals surface area contributed by atoms with E-state index in [0.717, 1.165) is 40.4 Å². The van der Waals surface area contributed by atoms with Gasteiger partial charge in [-0.1, -0.05) is 25.1 Å². The first-order chi connectivity index (χ1) is 20.3. The number of hydrogen-bond acceptors (Lipinski definition) is 5. The average Bonchev–Trinajstić information content (AvgIpc) is 3.64. The molecule has 0 bridgehead atoms. The molecule has 1 aliphatic heterocycles. The molecule has 1 N–H and O–H groups in total. The first-order valence-corrected chi connectivity index (χ1v) is 14.6. The predicted octanol–water partition coefficient (Wildman–Crippen LogP) is 8.14. The Bertz CT molecular complexity index is 1760. The van der Waals surface area contributed by atoms with Crippen molar-refractivity contribution in [1.29, 1.82) is 0 Å². The smallest absolute Gasteiger partial charge is 0.417 e. The first-order valence-electron chi connectivity index (χ1n) is 13.6. The second kappa shape index (κ2) is 11.2. The van der Waals surface area contributed by atoms with E-state index in [2.05, 4.69) is 16.9 Å². The molecule has 5 aromatic rings. The number of fused-ring (bicyclic) bond motifs is 3. The van der Waals surface area contributed by atoms with Gasteiger partial charge in [-0.3, -0.25) is 4.79 Å². The average molecular weight is 592 g/mol. The number of methoxy groups -OCH3 is 1. The third kappa shape index (κ3) is 5.04. The number of benzene rings is 2. The van der Waals surface area contributed by atoms with Gasteiger partial charge in [0.15, 0.2) is 0 Å². The van der Waals surface area contributed by atoms with Crippen LogP contribution < -0.4 is 4.74 Å². The summed E-state index contributed by atoms with van der Waals surface area (Å²) in [5.74, 6) is 1.74. The van der Waals surface area contributed by atoms with Gasteiger partial charge in [0.1, 0.15) is 28.3 Å². The number of carbonyl (C=O) groups is 1. The number of pyridine rings is 1. The van der Waals surface area contributed by atoms with Crippen LogP contribution in [0.5, 0.6) is 5.75 Å². The van der Waals surface area contributed by atoms with E-state index in [-0.39, 0.29) is 17.2 Å². The Kier molecular flexibility index (Phi) is 7.49. The highest BCUT2D eigenvalue weighted by Gasteiger charge is 2.39. The largest absolute Gasteiger partial charge is 0.497 e. The van der Waals surface area contributed by atoms with Crippen molar-refractivity contribution in [3.63, 3.8) is 0 Å². The zero-order valence-corrected chi connectivity index (χ0v) is 23.8. The maximum absolute atomic E-state index is 14.2. The number of H-pyrrole nitrogens is 1. The summed E-state index contributed by atoms with van der Waals surface area (Å²) >= 11 is 1.52. The number of nitrogens with zero attached hydrogens (tertiary/aromatic N) is 2. The number of aromatic nitrogens is 2. The Hall–Kier alpha value is -4.18. The maximum atomic E-state index is 14.2. The number of rotatable bonds is 7. The van der Waals surface area contributed by atoms with Gasteiger partial charge in [-0.25, -0.2) is 4.98 Å². The Morgan fingerprint density at radius 3 is 2.76 bits per heavy atom. The van der Waals surface area contributed by atoms with Crippen LogP contribution in [0.15, 0.2) is 82.4 Å². The molecule has 0 saturated carbocycles. The minimum Gasteiger partial charge on any atom is -0.497 e. The minimum absolute atomic E-state index is 0.0583. The lowest BCUT2D eigenvalue weighted by Gasteiger charge is -2.35. The number of ether oxygens (including phenoxy) is 1. The van der Waals surface area contributed by atoms with Crippen molar-refractivity contribution in [2.75, 3.05) is 19.4 Å². The van der Waals surface area contributed by atoms with Crippen LogP contribution in [0.4, 0.5) is 13.2 Å². The highest BCUT2D eigenvalue weighted by Crippen LogP contribution is 2.43. The van der Waals surface area contributed by atoms with Gasteiger partial charge in [-0.15, -0.1) is 11.8 Å². The van der Waals surface area contributed by atoms with Gasteiger partial charge < -0.3 is 19.0 Å². The van der Waals surface area contributed by atoms with E-state index in [1.807, 2.05) is 18.2 Å². The first kappa shape index (κ1) is 28.0. The number of amides is 1. The number of halogens is 3. The fourth-order valence-electron chi connectivity index (χ4n) is 5.52. The minimum atomic E-state index is -4.55. The van der Waals surface area contributed by atoms with Crippen molar-refractivity contribution < 1.29 is 27.1 Å². The number of hydrogen-bond donors (Lipinski definition) is 1. The van der Waals surface area contributed by atoms with E-state index in [1.165, 1.54) is 30.0 Å². The zero-order valence-electron chi connectivity index (χ0n) is 23.0. The molecular weight excluding hydrogens is 563 g/mol. The number of carbonyl (C=O) groups excluding carboxylic acids is 1. The van der Waals surface area contributed by atoms with Crippen LogP contribution in [0.2, 0.25) is 0 Å². The molecule has 1 amide bonds. The Balaban J connectivity index is 1.48. The number of alkyl halides is 3. The van der Waals surface area contributed by atoms with E-state index in [4.69, 9.17) is 9.15 Å². The fourth-order valence-corrected chi connectivity index (χ4v) is 6.36. The molecule has 0 spiro atoms. The monoisotopic (exact) mass is 591 g/mol. The second-order valence-electron chi connectivity index (χ2n) is 10.0. The molecule has 2 aromatic carbocycles. The van der Waals surface area contributed by atoms with E-state index < -0.39 is 17.8 Å². The van der Waals surface area contributed by atoms with Gasteiger partial charge in [0.05, 0.1) is 23.9 Å². The van der Waals surface area contributed by atoms with Crippen LogP contribution in [-0.2, 0) is 12.6 Å². The van der Waals surface area contributed by atoms with E-state index >= 15 is 0 Å². The van der Waals surface area contributed by atoms with Crippen molar-refractivity contribution in [1.82, 2.24) is 14.9 Å². The quantitative estimate of drug-likeness (QED) is 0.194. The molecule has 1 aliphatic rings. The van der Waals surface area contributed by atoms with E-state index in [1.54, 1.807) is 42.5 Å². The summed E-state index contributed by atoms with van der Waals surface area (Å²) in [4.78, 5) is 23.9. The molecule has 0 aliphatic carbocycles. The number of aromatic amines is 1. The molecular formula is C32H28F3N3O3S. The summed E-state index contributed by atoms with van der Waals surface area (Å²) in [6, 6.07) is 17.1. The molecule has 1 unspecified atom stereocenters. The third-order valence-corrected chi connectivity index (χ3v) is 8.64. The molecule has 10 heteroatoms. The highest BCUT2D eigenvalue weighted by atomic mass is 32.2. The zero-order chi connectivity index (χ0) is 29.4.